The highest BCUT2D eigenvalue weighted by Gasteiger charge is 2.34. The minimum absolute atomic E-state index is 0.143. The van der Waals surface area contributed by atoms with Crippen molar-refractivity contribution in [3.05, 3.63) is 29.6 Å². The van der Waals surface area contributed by atoms with Crippen molar-refractivity contribution in [3.63, 3.8) is 0 Å². The first kappa shape index (κ1) is 13.4. The lowest BCUT2D eigenvalue weighted by atomic mass is 10.2. The molecule has 2 unspecified atom stereocenters. The summed E-state index contributed by atoms with van der Waals surface area (Å²) < 4.78 is 2.03. The number of likely N-dealkylation sites (N-methyl/N-ethyl adjacent to an activating group) is 1. The van der Waals surface area contributed by atoms with Crippen LogP contribution in [0.15, 0.2) is 18.2 Å². The third-order valence-electron chi connectivity index (χ3n) is 4.02. The van der Waals surface area contributed by atoms with Gasteiger partial charge in [-0.15, -0.1) is 11.6 Å². The summed E-state index contributed by atoms with van der Waals surface area (Å²) in [7, 11) is 1.84. The summed E-state index contributed by atoms with van der Waals surface area (Å²) in [6, 6.07) is 5.87. The molecular formula is C15H18ClN3O. The second-order valence-corrected chi connectivity index (χ2v) is 6.12. The summed E-state index contributed by atoms with van der Waals surface area (Å²) in [4.78, 5) is 18.8. The number of amides is 1. The molecule has 3 rings (SSSR count). The lowest BCUT2D eigenvalue weighted by Gasteiger charge is -2.16. The van der Waals surface area contributed by atoms with Crippen molar-refractivity contribution < 1.29 is 4.79 Å². The SMILES string of the molecule is Cc1cccc2c1nc(C(C)Cl)n2C1CCN(C)C1=O. The van der Waals surface area contributed by atoms with Crippen LogP contribution in [0.25, 0.3) is 11.0 Å². The number of imidazole rings is 1. The van der Waals surface area contributed by atoms with E-state index in [-0.39, 0.29) is 17.3 Å². The Balaban J connectivity index is 2.25. The number of alkyl halides is 1. The van der Waals surface area contributed by atoms with Crippen LogP contribution in [0.4, 0.5) is 0 Å². The fourth-order valence-electron chi connectivity index (χ4n) is 2.93. The standard InChI is InChI=1S/C15H18ClN3O/c1-9-5-4-6-11-13(9)17-14(10(2)16)19(11)12-7-8-18(3)15(12)20/h4-6,10,12H,7-8H2,1-3H3. The van der Waals surface area contributed by atoms with Crippen molar-refractivity contribution in [2.45, 2.75) is 31.7 Å². The molecule has 1 aromatic carbocycles. The molecule has 1 fully saturated rings. The third-order valence-corrected chi connectivity index (χ3v) is 4.21. The van der Waals surface area contributed by atoms with Crippen LogP contribution in [0.3, 0.4) is 0 Å². The van der Waals surface area contributed by atoms with E-state index in [4.69, 9.17) is 11.6 Å². The van der Waals surface area contributed by atoms with E-state index in [0.717, 1.165) is 35.4 Å². The average Bonchev–Trinajstić information content (AvgIpc) is 2.93. The minimum atomic E-state index is -0.222. The van der Waals surface area contributed by atoms with Gasteiger partial charge in [-0.3, -0.25) is 4.79 Å². The summed E-state index contributed by atoms with van der Waals surface area (Å²) >= 11 is 6.29. The number of fused-ring (bicyclic) bond motifs is 1. The number of rotatable bonds is 2. The quantitative estimate of drug-likeness (QED) is 0.798. The highest BCUT2D eigenvalue weighted by molar-refractivity contribution is 6.20. The van der Waals surface area contributed by atoms with Crippen LogP contribution in [0, 0.1) is 6.92 Å². The molecule has 2 heterocycles. The maximum Gasteiger partial charge on any atom is 0.245 e. The first-order valence-corrected chi connectivity index (χ1v) is 7.31. The van der Waals surface area contributed by atoms with Crippen LogP contribution in [-0.4, -0.2) is 34.0 Å². The number of nitrogens with zero attached hydrogens (tertiary/aromatic N) is 3. The largest absolute Gasteiger partial charge is 0.344 e. The van der Waals surface area contributed by atoms with Crippen LogP contribution in [0.1, 0.15) is 36.2 Å². The van der Waals surface area contributed by atoms with Gasteiger partial charge in [-0.2, -0.15) is 0 Å². The first-order chi connectivity index (χ1) is 9.50. The number of carbonyl (C=O) groups is 1. The number of halogens is 1. The van der Waals surface area contributed by atoms with E-state index in [9.17, 15) is 4.79 Å². The Morgan fingerprint density at radius 3 is 2.80 bits per heavy atom. The number of hydrogen-bond acceptors (Lipinski definition) is 2. The fraction of sp³-hybridized carbons (Fsp3) is 0.467. The zero-order chi connectivity index (χ0) is 14.4. The molecule has 0 N–H and O–H groups in total. The zero-order valence-corrected chi connectivity index (χ0v) is 12.7. The summed E-state index contributed by atoms with van der Waals surface area (Å²) in [6.07, 6.45) is 0.811. The van der Waals surface area contributed by atoms with Gasteiger partial charge in [-0.25, -0.2) is 4.98 Å². The van der Waals surface area contributed by atoms with Gasteiger partial charge in [-0.1, -0.05) is 12.1 Å². The van der Waals surface area contributed by atoms with E-state index in [1.54, 1.807) is 4.90 Å². The van der Waals surface area contributed by atoms with E-state index in [0.29, 0.717) is 0 Å². The van der Waals surface area contributed by atoms with E-state index in [1.165, 1.54) is 0 Å². The third kappa shape index (κ3) is 1.90. The highest BCUT2D eigenvalue weighted by atomic mass is 35.5. The van der Waals surface area contributed by atoms with E-state index in [1.807, 2.05) is 43.7 Å². The molecule has 0 radical (unpaired) electrons. The molecule has 5 heteroatoms. The molecule has 106 valence electrons. The van der Waals surface area contributed by atoms with E-state index < -0.39 is 0 Å². The second kappa shape index (κ2) is 4.77. The van der Waals surface area contributed by atoms with Crippen LogP contribution >= 0.6 is 11.6 Å². The van der Waals surface area contributed by atoms with Gasteiger partial charge in [0.05, 0.1) is 16.4 Å². The minimum Gasteiger partial charge on any atom is -0.344 e. The fourth-order valence-corrected chi connectivity index (χ4v) is 3.08. The van der Waals surface area contributed by atoms with Gasteiger partial charge in [0, 0.05) is 13.6 Å². The number of aryl methyl sites for hydroxylation is 1. The number of likely N-dealkylation sites (tertiary alicyclic amines) is 1. The highest BCUT2D eigenvalue weighted by Crippen LogP contribution is 2.33. The topological polar surface area (TPSA) is 38.1 Å². The van der Waals surface area contributed by atoms with E-state index >= 15 is 0 Å². The van der Waals surface area contributed by atoms with Crippen molar-refractivity contribution in [1.82, 2.24) is 14.5 Å². The predicted molar refractivity (Wildman–Crippen MR) is 80.0 cm³/mol. The molecule has 1 amide bonds. The smallest absolute Gasteiger partial charge is 0.245 e. The molecule has 2 atom stereocenters. The molecule has 0 saturated carbocycles. The predicted octanol–water partition coefficient (Wildman–Crippen LogP) is 3.05. The molecule has 1 aromatic heterocycles. The number of benzene rings is 1. The molecule has 1 aliphatic heterocycles. The molecule has 0 bridgehead atoms. The second-order valence-electron chi connectivity index (χ2n) is 5.46. The summed E-state index contributed by atoms with van der Waals surface area (Å²) in [5.74, 6) is 0.925. The maximum absolute atomic E-state index is 12.3. The van der Waals surface area contributed by atoms with E-state index in [2.05, 4.69) is 4.98 Å². The summed E-state index contributed by atoms with van der Waals surface area (Å²) in [5.41, 5.74) is 3.05. The summed E-state index contributed by atoms with van der Waals surface area (Å²) in [5, 5.41) is -0.222. The van der Waals surface area contributed by atoms with Gasteiger partial charge in [0.2, 0.25) is 5.91 Å². The number of carbonyl (C=O) groups excluding carboxylic acids is 1. The van der Waals surface area contributed by atoms with Crippen LogP contribution in [0.2, 0.25) is 0 Å². The van der Waals surface area contributed by atoms with Gasteiger partial charge in [0.15, 0.2) is 0 Å². The molecule has 0 spiro atoms. The van der Waals surface area contributed by atoms with Crippen LogP contribution in [-0.2, 0) is 4.79 Å². The Hall–Kier alpha value is -1.55. The Morgan fingerprint density at radius 1 is 1.45 bits per heavy atom. The summed E-state index contributed by atoms with van der Waals surface area (Å²) in [6.45, 7) is 4.72. The normalized spacial score (nSPS) is 20.9. The molecular weight excluding hydrogens is 274 g/mol. The Kier molecular flexibility index (Phi) is 3.21. The van der Waals surface area contributed by atoms with Crippen LogP contribution < -0.4 is 0 Å². The molecule has 4 nitrogen and oxygen atoms in total. The van der Waals surface area contributed by atoms with Crippen molar-refractivity contribution in [2.24, 2.45) is 0 Å². The molecule has 1 saturated heterocycles. The molecule has 0 aliphatic carbocycles. The lowest BCUT2D eigenvalue weighted by molar-refractivity contribution is -0.129. The van der Waals surface area contributed by atoms with Gasteiger partial charge >= 0.3 is 0 Å². The van der Waals surface area contributed by atoms with Crippen molar-refractivity contribution in [3.8, 4) is 0 Å². The molecule has 20 heavy (non-hydrogen) atoms. The maximum atomic E-state index is 12.3. The Bertz CT molecular complexity index is 677. The average molecular weight is 292 g/mol. The van der Waals surface area contributed by atoms with Gasteiger partial charge in [-0.05, 0) is 31.9 Å². The number of hydrogen-bond donors (Lipinski definition) is 0. The lowest BCUT2D eigenvalue weighted by Crippen LogP contribution is -2.25. The molecule has 2 aromatic rings. The zero-order valence-electron chi connectivity index (χ0n) is 11.9. The monoisotopic (exact) mass is 291 g/mol. The Morgan fingerprint density at radius 2 is 2.20 bits per heavy atom. The molecule has 1 aliphatic rings. The van der Waals surface area contributed by atoms with Crippen LogP contribution in [0.5, 0.6) is 0 Å². The Labute approximate surface area is 123 Å². The van der Waals surface area contributed by atoms with Crippen molar-refractivity contribution >= 4 is 28.5 Å². The van der Waals surface area contributed by atoms with Crippen molar-refractivity contribution in [1.29, 1.82) is 0 Å². The van der Waals surface area contributed by atoms with Crippen molar-refractivity contribution in [2.75, 3.05) is 13.6 Å². The van der Waals surface area contributed by atoms with Gasteiger partial charge in [0.25, 0.3) is 0 Å². The number of para-hydroxylation sites is 1. The van der Waals surface area contributed by atoms with Gasteiger partial charge in [0.1, 0.15) is 11.9 Å². The van der Waals surface area contributed by atoms with Gasteiger partial charge < -0.3 is 9.47 Å². The number of aromatic nitrogens is 2. The first-order valence-electron chi connectivity index (χ1n) is 6.87.